The predicted molar refractivity (Wildman–Crippen MR) is 91.1 cm³/mol. The van der Waals surface area contributed by atoms with Crippen LogP contribution in [0.15, 0.2) is 67.3 Å². The van der Waals surface area contributed by atoms with E-state index in [4.69, 9.17) is 11.6 Å². The van der Waals surface area contributed by atoms with Crippen molar-refractivity contribution in [1.82, 2.24) is 4.57 Å². The first kappa shape index (κ1) is 17.0. The minimum absolute atomic E-state index is 0.0712. The van der Waals surface area contributed by atoms with E-state index in [0.29, 0.717) is 16.1 Å². The highest BCUT2D eigenvalue weighted by Gasteiger charge is 2.15. The first-order valence-corrected chi connectivity index (χ1v) is 8.01. The molecule has 0 radical (unpaired) electrons. The molecule has 1 heterocycles. The number of hydrogen-bond donors (Lipinski definition) is 0. The third-order valence-electron chi connectivity index (χ3n) is 3.69. The second-order valence-electron chi connectivity index (χ2n) is 5.63. The van der Waals surface area contributed by atoms with Gasteiger partial charge in [-0.2, -0.15) is 0 Å². The van der Waals surface area contributed by atoms with Crippen molar-refractivity contribution in [2.45, 2.75) is 13.1 Å². The minimum Gasteiger partial charge on any atom is -0.290 e. The van der Waals surface area contributed by atoms with Crippen molar-refractivity contribution < 1.29 is 18.5 Å². The smallest absolute Gasteiger partial charge is 0.244 e. The quantitative estimate of drug-likeness (QED) is 0.501. The number of aromatic nitrogens is 2. The summed E-state index contributed by atoms with van der Waals surface area (Å²) in [5.41, 5.74) is 0.846. The predicted octanol–water partition coefficient (Wildman–Crippen LogP) is 3.33. The van der Waals surface area contributed by atoms with Gasteiger partial charge in [0.2, 0.25) is 17.9 Å². The van der Waals surface area contributed by atoms with Gasteiger partial charge in [-0.05, 0) is 24.3 Å². The molecule has 0 unspecified atom stereocenters. The molecule has 0 bridgehead atoms. The maximum absolute atomic E-state index is 13.2. The second kappa shape index (κ2) is 7.40. The van der Waals surface area contributed by atoms with Crippen molar-refractivity contribution in [2.24, 2.45) is 0 Å². The number of imidazole rings is 1. The normalized spacial score (nSPS) is 10.6. The Kier molecular flexibility index (Phi) is 5.05. The standard InChI is InChI=1S/C19H15ClFN2O2/c20-16-5-1-3-14(9-16)18(24)11-22-7-8-23(13-22)12-19(25)15-4-2-6-17(21)10-15/h1-10,13H,11-12H2/q+1. The molecule has 126 valence electrons. The fraction of sp³-hybridized carbons (Fsp3) is 0.105. The molecule has 0 atom stereocenters. The summed E-state index contributed by atoms with van der Waals surface area (Å²) < 4.78 is 16.5. The van der Waals surface area contributed by atoms with Crippen LogP contribution in [0.4, 0.5) is 4.39 Å². The molecule has 3 aromatic rings. The van der Waals surface area contributed by atoms with Crippen LogP contribution >= 0.6 is 11.6 Å². The van der Waals surface area contributed by atoms with Crippen LogP contribution in [0.25, 0.3) is 0 Å². The first-order chi connectivity index (χ1) is 12.0. The van der Waals surface area contributed by atoms with Gasteiger partial charge in [-0.25, -0.2) is 13.5 Å². The Hall–Kier alpha value is -2.79. The van der Waals surface area contributed by atoms with Crippen molar-refractivity contribution >= 4 is 23.2 Å². The summed E-state index contributed by atoms with van der Waals surface area (Å²) in [6.45, 7) is 0.212. The van der Waals surface area contributed by atoms with E-state index in [1.54, 1.807) is 58.2 Å². The summed E-state index contributed by atoms with van der Waals surface area (Å²) in [7, 11) is 0. The van der Waals surface area contributed by atoms with E-state index in [2.05, 4.69) is 0 Å². The SMILES string of the molecule is O=C(Cn1cc[n+](CC(=O)c2cccc(Cl)c2)c1)c1cccc(F)c1. The van der Waals surface area contributed by atoms with Gasteiger partial charge in [0.15, 0.2) is 13.1 Å². The third kappa shape index (κ3) is 4.39. The van der Waals surface area contributed by atoms with Crippen molar-refractivity contribution in [3.05, 3.63) is 89.2 Å². The van der Waals surface area contributed by atoms with Crippen LogP contribution < -0.4 is 4.57 Å². The van der Waals surface area contributed by atoms with E-state index in [9.17, 15) is 14.0 Å². The molecule has 0 saturated carbocycles. The molecule has 4 nitrogen and oxygen atoms in total. The molecule has 0 fully saturated rings. The summed E-state index contributed by atoms with van der Waals surface area (Å²) in [5, 5.41) is 0.508. The number of carbonyl (C=O) groups is 2. The molecular weight excluding hydrogens is 343 g/mol. The lowest BCUT2D eigenvalue weighted by Crippen LogP contribution is -2.36. The number of rotatable bonds is 6. The number of nitrogens with zero attached hydrogens (tertiary/aromatic N) is 2. The van der Waals surface area contributed by atoms with E-state index in [1.165, 1.54) is 18.2 Å². The van der Waals surface area contributed by atoms with Gasteiger partial charge in [-0.1, -0.05) is 35.9 Å². The van der Waals surface area contributed by atoms with Gasteiger partial charge in [-0.15, -0.1) is 0 Å². The maximum Gasteiger partial charge on any atom is 0.244 e. The fourth-order valence-corrected chi connectivity index (χ4v) is 2.65. The summed E-state index contributed by atoms with van der Waals surface area (Å²) in [6.07, 6.45) is 5.07. The van der Waals surface area contributed by atoms with Crippen LogP contribution in [0.5, 0.6) is 0 Å². The van der Waals surface area contributed by atoms with Gasteiger partial charge in [0.05, 0.1) is 0 Å². The van der Waals surface area contributed by atoms with Crippen molar-refractivity contribution in [3.63, 3.8) is 0 Å². The molecule has 0 aliphatic heterocycles. The maximum atomic E-state index is 13.2. The van der Waals surface area contributed by atoms with Crippen LogP contribution in [-0.4, -0.2) is 16.1 Å². The largest absolute Gasteiger partial charge is 0.290 e. The summed E-state index contributed by atoms with van der Waals surface area (Å²) in [5.74, 6) is -0.731. The second-order valence-corrected chi connectivity index (χ2v) is 6.06. The fourth-order valence-electron chi connectivity index (χ4n) is 2.46. The van der Waals surface area contributed by atoms with Crippen LogP contribution in [-0.2, 0) is 13.1 Å². The Morgan fingerprint density at radius 3 is 2.48 bits per heavy atom. The lowest BCUT2D eigenvalue weighted by atomic mass is 10.1. The number of benzene rings is 2. The lowest BCUT2D eigenvalue weighted by Gasteiger charge is -2.00. The van der Waals surface area contributed by atoms with Gasteiger partial charge in [-0.3, -0.25) is 9.59 Å². The van der Waals surface area contributed by atoms with Crippen LogP contribution in [0.2, 0.25) is 5.02 Å². The Bertz CT molecular complexity index is 862. The van der Waals surface area contributed by atoms with Crippen LogP contribution in [0.3, 0.4) is 0 Å². The van der Waals surface area contributed by atoms with Crippen molar-refractivity contribution in [1.29, 1.82) is 0 Å². The molecule has 25 heavy (non-hydrogen) atoms. The van der Waals surface area contributed by atoms with E-state index >= 15 is 0 Å². The van der Waals surface area contributed by atoms with E-state index < -0.39 is 5.82 Å². The summed E-state index contributed by atoms with van der Waals surface area (Å²) in [4.78, 5) is 24.4. The molecule has 3 rings (SSSR count). The van der Waals surface area contributed by atoms with Crippen molar-refractivity contribution in [2.75, 3.05) is 0 Å². The Morgan fingerprint density at radius 2 is 1.76 bits per heavy atom. The zero-order valence-corrected chi connectivity index (χ0v) is 14.0. The molecule has 1 aromatic heterocycles. The van der Waals surface area contributed by atoms with Gasteiger partial charge >= 0.3 is 0 Å². The van der Waals surface area contributed by atoms with Gasteiger partial charge in [0.25, 0.3) is 0 Å². The minimum atomic E-state index is -0.444. The number of ketones is 2. The van der Waals surface area contributed by atoms with E-state index in [-0.39, 0.29) is 24.7 Å². The number of carbonyl (C=O) groups excluding carboxylic acids is 2. The van der Waals surface area contributed by atoms with Crippen LogP contribution in [0, 0.1) is 5.82 Å². The molecule has 0 aliphatic carbocycles. The molecular formula is C19H15ClFN2O2+. The van der Waals surface area contributed by atoms with E-state index in [0.717, 1.165) is 0 Å². The average Bonchev–Trinajstić information content (AvgIpc) is 3.01. The first-order valence-electron chi connectivity index (χ1n) is 7.63. The summed E-state index contributed by atoms with van der Waals surface area (Å²) in [6, 6.07) is 12.3. The highest BCUT2D eigenvalue weighted by molar-refractivity contribution is 6.30. The third-order valence-corrected chi connectivity index (χ3v) is 3.93. The zero-order chi connectivity index (χ0) is 17.8. The molecule has 0 spiro atoms. The zero-order valence-electron chi connectivity index (χ0n) is 13.2. The number of halogens is 2. The molecule has 6 heteroatoms. The lowest BCUT2D eigenvalue weighted by molar-refractivity contribution is -0.682. The topological polar surface area (TPSA) is 43.0 Å². The summed E-state index contributed by atoms with van der Waals surface area (Å²) >= 11 is 5.90. The highest BCUT2D eigenvalue weighted by atomic mass is 35.5. The van der Waals surface area contributed by atoms with Gasteiger partial charge in [0, 0.05) is 16.1 Å². The van der Waals surface area contributed by atoms with Crippen LogP contribution in [0.1, 0.15) is 20.7 Å². The van der Waals surface area contributed by atoms with Crippen molar-refractivity contribution in [3.8, 4) is 0 Å². The molecule has 2 aromatic carbocycles. The molecule has 0 N–H and O–H groups in total. The molecule has 0 aliphatic rings. The van der Waals surface area contributed by atoms with Gasteiger partial charge in [0.1, 0.15) is 18.2 Å². The average molecular weight is 358 g/mol. The Labute approximate surface area is 149 Å². The molecule has 0 amide bonds. The van der Waals surface area contributed by atoms with Gasteiger partial charge < -0.3 is 0 Å². The van der Waals surface area contributed by atoms with E-state index in [1.807, 2.05) is 0 Å². The molecule has 0 saturated heterocycles. The Morgan fingerprint density at radius 1 is 1.04 bits per heavy atom. The number of hydrogen-bond acceptors (Lipinski definition) is 2. The Balaban J connectivity index is 1.66. The number of Topliss-reactive ketones (excluding diaryl/α,β-unsaturated/α-hetero) is 2. The highest BCUT2D eigenvalue weighted by Crippen LogP contribution is 2.11. The monoisotopic (exact) mass is 357 g/mol.